The Morgan fingerprint density at radius 3 is 2.27 bits per heavy atom. The molecule has 0 unspecified atom stereocenters. The van der Waals surface area contributed by atoms with Gasteiger partial charge in [-0.05, 0) is 44.5 Å². The number of aliphatic hydroxyl groups excluding tert-OH is 2. The molecule has 9 atom stereocenters. The SMILES string of the molecule is CO[C@H]1/C=C/O[C@@]2(C)Oc3c(C)c(O)c4c(O)c(c(C=Nc5cccc(C)c5)c(O)c4c3C2=O)NC(=O)/C(C)=C/C=C/[C@H](C)[C@H](O)[C@@H](C)[C@@H](O)[C@@H](C)[C@H](OC(C)=O)[C@@H]1C. The molecule has 59 heavy (non-hydrogen) atoms. The number of ether oxygens (including phenoxy) is 4. The molecule has 0 spiro atoms. The number of rotatable bonds is 4. The molecule has 0 radical (unpaired) electrons. The number of phenolic OH excluding ortho intramolecular Hbond substituents is 3. The first-order valence-corrected chi connectivity index (χ1v) is 19.4. The number of benzene rings is 3. The molecule has 3 aliphatic heterocycles. The number of aryl methyl sites for hydroxylation is 1. The normalized spacial score (nSPS) is 30.1. The maximum Gasteiger partial charge on any atom is 0.312 e. The van der Waals surface area contributed by atoms with E-state index in [2.05, 4.69) is 10.3 Å². The summed E-state index contributed by atoms with van der Waals surface area (Å²) in [5.41, 5.74) is 0.925. The van der Waals surface area contributed by atoms with Crippen molar-refractivity contribution in [1.29, 1.82) is 0 Å². The summed E-state index contributed by atoms with van der Waals surface area (Å²) in [5.74, 6) is -8.49. The summed E-state index contributed by atoms with van der Waals surface area (Å²) in [4.78, 5) is 45.0. The fourth-order valence-corrected chi connectivity index (χ4v) is 7.72. The van der Waals surface area contributed by atoms with E-state index in [0.29, 0.717) is 5.69 Å². The smallest absolute Gasteiger partial charge is 0.312 e. The maximum absolute atomic E-state index is 14.4. The number of phenols is 3. The highest BCUT2D eigenvalue weighted by atomic mass is 16.7. The van der Waals surface area contributed by atoms with Crippen molar-refractivity contribution in [2.24, 2.45) is 28.7 Å². The van der Waals surface area contributed by atoms with Crippen LogP contribution in [0.2, 0.25) is 0 Å². The lowest BCUT2D eigenvalue weighted by molar-refractivity contribution is -0.160. The van der Waals surface area contributed by atoms with Crippen LogP contribution in [0.5, 0.6) is 23.0 Å². The predicted octanol–water partition coefficient (Wildman–Crippen LogP) is 6.81. The average molecular weight is 815 g/mol. The topological polar surface area (TPSA) is 214 Å². The first kappa shape index (κ1) is 44.4. The molecule has 0 aliphatic carbocycles. The fourth-order valence-electron chi connectivity index (χ4n) is 7.72. The third-order valence-electron chi connectivity index (χ3n) is 11.4. The number of hydrogen-bond acceptors (Lipinski definition) is 13. The molecule has 0 aromatic heterocycles. The molecule has 3 aromatic carbocycles. The number of allylic oxidation sites excluding steroid dienone is 2. The van der Waals surface area contributed by atoms with Crippen LogP contribution in [-0.2, 0) is 23.8 Å². The van der Waals surface area contributed by atoms with E-state index in [1.165, 1.54) is 59.4 Å². The maximum atomic E-state index is 14.4. The standard InChI is InChI=1S/C45H54N2O12/c1-21-13-11-16-29(19-21)46-20-30-35-40(53)33-32(39(30)52)34-42(27(7)38(33)51)59-45(9,43(34)54)57-18-17-31(56-10)24(4)41(58-28(8)48)26(6)37(50)25(5)36(49)22(2)14-12-15-23(3)44(55)47-35/h11-20,22,24-26,31,36-37,41,49-53H,1-10H3,(H,47,55)/b14-12+,18-17+,23-15+,46-20?/t22-,24+,25+,26+,31-,36-,37+,41+,45-/m0/s1. The summed E-state index contributed by atoms with van der Waals surface area (Å²) in [6.07, 6.45) is 4.74. The first-order valence-electron chi connectivity index (χ1n) is 19.4. The number of aromatic hydroxyl groups is 3. The summed E-state index contributed by atoms with van der Waals surface area (Å²) < 4.78 is 23.6. The minimum Gasteiger partial charge on any atom is -0.507 e. The summed E-state index contributed by atoms with van der Waals surface area (Å²) in [7, 11) is 1.43. The van der Waals surface area contributed by atoms with Crippen LogP contribution in [0, 0.1) is 37.5 Å². The van der Waals surface area contributed by atoms with Crippen molar-refractivity contribution in [2.45, 2.75) is 92.5 Å². The Morgan fingerprint density at radius 1 is 0.932 bits per heavy atom. The largest absolute Gasteiger partial charge is 0.507 e. The van der Waals surface area contributed by atoms with Gasteiger partial charge >= 0.3 is 11.8 Å². The van der Waals surface area contributed by atoms with E-state index in [1.807, 2.05) is 13.0 Å². The second-order valence-corrected chi connectivity index (χ2v) is 15.7. The number of methoxy groups -OCH3 is 1. The Labute approximate surface area is 343 Å². The Kier molecular flexibility index (Phi) is 13.3. The van der Waals surface area contributed by atoms with Crippen molar-refractivity contribution in [1.82, 2.24) is 0 Å². The van der Waals surface area contributed by atoms with Gasteiger partial charge in [0.1, 0.15) is 23.4 Å². The van der Waals surface area contributed by atoms with Crippen LogP contribution in [0.4, 0.5) is 11.4 Å². The number of carbonyl (C=O) groups excluding carboxylic acids is 3. The molecule has 14 nitrogen and oxygen atoms in total. The predicted molar refractivity (Wildman–Crippen MR) is 222 cm³/mol. The number of esters is 1. The Hall–Kier alpha value is -5.70. The van der Waals surface area contributed by atoms with Gasteiger partial charge in [-0.15, -0.1) is 0 Å². The minimum atomic E-state index is -2.05. The van der Waals surface area contributed by atoms with E-state index in [-0.39, 0.29) is 44.5 Å². The third kappa shape index (κ3) is 8.70. The molecule has 6 rings (SSSR count). The molecule has 6 N–H and O–H groups in total. The average Bonchev–Trinajstić information content (AvgIpc) is 3.46. The van der Waals surface area contributed by atoms with Crippen LogP contribution in [0.3, 0.4) is 0 Å². The second-order valence-electron chi connectivity index (χ2n) is 15.7. The molecule has 14 heteroatoms. The number of carbonyl (C=O) groups is 3. The second kappa shape index (κ2) is 17.7. The summed E-state index contributed by atoms with van der Waals surface area (Å²) in [6, 6.07) is 7.15. The number of hydrogen-bond donors (Lipinski definition) is 6. The van der Waals surface area contributed by atoms with Crippen molar-refractivity contribution in [2.75, 3.05) is 12.4 Å². The number of nitrogens with one attached hydrogen (secondary N) is 1. The summed E-state index contributed by atoms with van der Waals surface area (Å²) in [5, 5.41) is 60.4. The van der Waals surface area contributed by atoms with Gasteiger partial charge in [0.25, 0.3) is 11.7 Å². The van der Waals surface area contributed by atoms with Gasteiger partial charge in [0.15, 0.2) is 5.75 Å². The zero-order valence-electron chi connectivity index (χ0n) is 34.9. The number of Topliss-reactive ketones (excluding diaryl/α,β-unsaturated/α-hetero) is 1. The summed E-state index contributed by atoms with van der Waals surface area (Å²) >= 11 is 0. The first-order chi connectivity index (χ1) is 27.7. The molecule has 0 saturated heterocycles. The van der Waals surface area contributed by atoms with Crippen molar-refractivity contribution in [3.63, 3.8) is 0 Å². The van der Waals surface area contributed by atoms with Crippen LogP contribution >= 0.6 is 0 Å². The quantitative estimate of drug-likeness (QED) is 0.0694. The number of nitrogens with zero attached hydrogens (tertiary/aromatic N) is 1. The minimum absolute atomic E-state index is 0.0442. The number of amides is 1. The fraction of sp³-hybridized carbons (Fsp3) is 0.422. The van der Waals surface area contributed by atoms with Gasteiger partial charge in [-0.2, -0.15) is 0 Å². The molecule has 316 valence electrons. The van der Waals surface area contributed by atoms with Crippen molar-refractivity contribution in [3.8, 4) is 23.0 Å². The van der Waals surface area contributed by atoms with Gasteiger partial charge in [-0.25, -0.2) is 0 Å². The number of aliphatic imine (C=N–C) groups is 1. The molecular formula is C45H54N2O12. The molecule has 3 heterocycles. The van der Waals surface area contributed by atoms with Gasteiger partial charge in [0.05, 0.1) is 52.5 Å². The van der Waals surface area contributed by atoms with Crippen LogP contribution < -0.4 is 10.1 Å². The lowest BCUT2D eigenvalue weighted by atomic mass is 9.78. The highest BCUT2D eigenvalue weighted by Gasteiger charge is 2.50. The molecule has 3 aliphatic rings. The third-order valence-corrected chi connectivity index (χ3v) is 11.4. The van der Waals surface area contributed by atoms with E-state index in [4.69, 9.17) is 18.9 Å². The molecular weight excluding hydrogens is 760 g/mol. The number of fused-ring (bicyclic) bond motifs is 14. The zero-order valence-corrected chi connectivity index (χ0v) is 34.9. The van der Waals surface area contributed by atoms with E-state index in [0.717, 1.165) is 5.56 Å². The Morgan fingerprint density at radius 2 is 1.63 bits per heavy atom. The Balaban J connectivity index is 1.73. The van der Waals surface area contributed by atoms with E-state index < -0.39 is 88.8 Å². The molecule has 1 amide bonds. The van der Waals surface area contributed by atoms with E-state index in [1.54, 1.807) is 58.0 Å². The van der Waals surface area contributed by atoms with Gasteiger partial charge in [-0.1, -0.05) is 58.1 Å². The van der Waals surface area contributed by atoms with Crippen LogP contribution in [0.15, 0.2) is 65.4 Å². The van der Waals surface area contributed by atoms with Crippen molar-refractivity contribution in [3.05, 3.63) is 82.7 Å². The molecule has 3 aromatic rings. The summed E-state index contributed by atoms with van der Waals surface area (Å²) in [6.45, 7) is 14.3. The van der Waals surface area contributed by atoms with Crippen LogP contribution in [0.25, 0.3) is 10.8 Å². The highest BCUT2D eigenvalue weighted by Crippen LogP contribution is 2.55. The van der Waals surface area contributed by atoms with Crippen molar-refractivity contribution < 1.29 is 58.9 Å². The lowest BCUT2D eigenvalue weighted by Crippen LogP contribution is -2.46. The van der Waals surface area contributed by atoms with Gasteiger partial charge < -0.3 is 49.8 Å². The molecule has 5 bridgehead atoms. The van der Waals surface area contributed by atoms with Crippen molar-refractivity contribution >= 4 is 46.0 Å². The van der Waals surface area contributed by atoms with E-state index in [9.17, 15) is 39.9 Å². The highest BCUT2D eigenvalue weighted by molar-refractivity contribution is 6.24. The Bertz CT molecular complexity index is 2260. The van der Waals surface area contributed by atoms with Gasteiger partial charge in [0.2, 0.25) is 0 Å². The van der Waals surface area contributed by atoms with Crippen LogP contribution in [0.1, 0.15) is 75.5 Å². The number of aliphatic hydroxyl groups is 2. The number of anilines is 1. The monoisotopic (exact) mass is 814 g/mol. The number of ketones is 1. The van der Waals surface area contributed by atoms with Crippen LogP contribution in [-0.4, -0.2) is 86.7 Å². The zero-order chi connectivity index (χ0) is 43.7. The van der Waals surface area contributed by atoms with E-state index >= 15 is 0 Å². The lowest BCUT2D eigenvalue weighted by Gasteiger charge is -2.38. The van der Waals surface area contributed by atoms with Gasteiger partial charge in [-0.3, -0.25) is 19.4 Å². The molecule has 0 fully saturated rings. The molecule has 0 saturated carbocycles. The van der Waals surface area contributed by atoms with Gasteiger partial charge in [0, 0.05) is 67.4 Å².